The fourth-order valence-electron chi connectivity index (χ4n) is 5.90. The van der Waals surface area contributed by atoms with Crippen molar-refractivity contribution in [1.82, 2.24) is 9.80 Å². The topological polar surface area (TPSA) is 15.7 Å². The molecule has 3 fully saturated rings. The van der Waals surface area contributed by atoms with Gasteiger partial charge in [0, 0.05) is 31.7 Å². The molecule has 0 N–H and O–H groups in total. The number of hydrogen-bond donors (Lipinski definition) is 0. The Bertz CT molecular complexity index is 623. The highest BCUT2D eigenvalue weighted by Crippen LogP contribution is 2.38. The summed E-state index contributed by atoms with van der Waals surface area (Å²) in [5.74, 6) is 1.94. The van der Waals surface area contributed by atoms with Crippen molar-refractivity contribution in [2.45, 2.75) is 77.4 Å². The van der Waals surface area contributed by atoms with Crippen LogP contribution in [-0.2, 0) is 6.54 Å². The summed E-state index contributed by atoms with van der Waals surface area (Å²) in [6.45, 7) is 9.38. The summed E-state index contributed by atoms with van der Waals surface area (Å²) in [4.78, 5) is 5.67. The van der Waals surface area contributed by atoms with E-state index < -0.39 is 0 Å². The molecule has 1 aliphatic carbocycles. The second-order valence-electron chi connectivity index (χ2n) is 8.85. The number of aryl methyl sites for hydroxylation is 2. The number of rotatable bonds is 4. The van der Waals surface area contributed by atoms with Gasteiger partial charge in [0.05, 0.1) is 7.11 Å². The molecule has 0 unspecified atom stereocenters. The fourth-order valence-corrected chi connectivity index (χ4v) is 5.90. The van der Waals surface area contributed by atoms with Crippen LogP contribution in [0.15, 0.2) is 12.1 Å². The van der Waals surface area contributed by atoms with Gasteiger partial charge in [-0.25, -0.2) is 0 Å². The van der Waals surface area contributed by atoms with Crippen LogP contribution in [0.2, 0.25) is 0 Å². The third kappa shape index (κ3) is 3.53. The summed E-state index contributed by atoms with van der Waals surface area (Å²) >= 11 is 0. The van der Waals surface area contributed by atoms with Crippen LogP contribution in [0.4, 0.5) is 0 Å². The van der Waals surface area contributed by atoms with Gasteiger partial charge in [-0.05, 0) is 74.8 Å². The van der Waals surface area contributed by atoms with Crippen LogP contribution in [0.25, 0.3) is 0 Å². The number of ether oxygens (including phenoxy) is 1. The number of piperazine rings is 1. The number of hydrogen-bond acceptors (Lipinski definition) is 3. The van der Waals surface area contributed by atoms with Gasteiger partial charge in [0.25, 0.3) is 0 Å². The van der Waals surface area contributed by atoms with E-state index in [1.807, 2.05) is 0 Å². The molecule has 2 aliphatic heterocycles. The Morgan fingerprint density at radius 2 is 1.73 bits per heavy atom. The maximum atomic E-state index is 5.52. The largest absolute Gasteiger partial charge is 0.496 e. The Balaban J connectivity index is 1.58. The van der Waals surface area contributed by atoms with Crippen LogP contribution < -0.4 is 4.74 Å². The third-order valence-electron chi connectivity index (χ3n) is 7.26. The normalized spacial score (nSPS) is 28.3. The predicted molar refractivity (Wildman–Crippen MR) is 108 cm³/mol. The molecule has 0 amide bonds. The van der Waals surface area contributed by atoms with Gasteiger partial charge in [-0.1, -0.05) is 25.3 Å². The van der Waals surface area contributed by atoms with Crippen LogP contribution in [0.1, 0.15) is 61.6 Å². The summed E-state index contributed by atoms with van der Waals surface area (Å²) in [6, 6.07) is 6.18. The lowest BCUT2D eigenvalue weighted by Gasteiger charge is -2.49. The monoisotopic (exact) mass is 356 g/mol. The van der Waals surface area contributed by atoms with Gasteiger partial charge in [0.1, 0.15) is 5.75 Å². The second-order valence-corrected chi connectivity index (χ2v) is 8.85. The number of benzene rings is 1. The molecule has 4 rings (SSSR count). The molecule has 0 spiro atoms. The van der Waals surface area contributed by atoms with E-state index in [1.54, 1.807) is 7.11 Å². The Hall–Kier alpha value is -1.06. The van der Waals surface area contributed by atoms with Gasteiger partial charge in [-0.2, -0.15) is 0 Å². The molecule has 1 saturated carbocycles. The molecule has 26 heavy (non-hydrogen) atoms. The Morgan fingerprint density at radius 3 is 2.50 bits per heavy atom. The van der Waals surface area contributed by atoms with Crippen LogP contribution >= 0.6 is 0 Å². The molecular weight excluding hydrogens is 320 g/mol. The zero-order valence-corrected chi connectivity index (χ0v) is 17.0. The van der Waals surface area contributed by atoms with E-state index in [4.69, 9.17) is 4.74 Å². The Morgan fingerprint density at radius 1 is 0.923 bits per heavy atom. The maximum absolute atomic E-state index is 5.52. The van der Waals surface area contributed by atoms with Gasteiger partial charge in [-0.15, -0.1) is 0 Å². The van der Waals surface area contributed by atoms with Crippen molar-refractivity contribution in [3.05, 3.63) is 28.8 Å². The molecule has 0 bridgehead atoms. The van der Waals surface area contributed by atoms with Gasteiger partial charge >= 0.3 is 0 Å². The second kappa shape index (κ2) is 7.90. The first kappa shape index (κ1) is 18.3. The minimum absolute atomic E-state index is 0.772. The maximum Gasteiger partial charge on any atom is 0.122 e. The van der Waals surface area contributed by atoms with E-state index in [-0.39, 0.29) is 0 Å². The molecule has 0 aromatic heterocycles. The van der Waals surface area contributed by atoms with E-state index in [0.717, 1.165) is 30.3 Å². The van der Waals surface area contributed by atoms with E-state index in [2.05, 4.69) is 35.8 Å². The van der Waals surface area contributed by atoms with E-state index in [9.17, 15) is 0 Å². The molecule has 3 aliphatic rings. The zero-order chi connectivity index (χ0) is 18.1. The van der Waals surface area contributed by atoms with Crippen molar-refractivity contribution >= 4 is 0 Å². The SMILES string of the molecule is COc1cc(C)c(CN2CCN3CCC[C@H]3[C@@H]2C2CCCCC2)cc1C. The number of methoxy groups -OCH3 is 1. The van der Waals surface area contributed by atoms with Crippen LogP contribution in [0.5, 0.6) is 5.75 Å². The van der Waals surface area contributed by atoms with Gasteiger partial charge < -0.3 is 4.74 Å². The summed E-state index contributed by atoms with van der Waals surface area (Å²) in [5.41, 5.74) is 4.14. The minimum Gasteiger partial charge on any atom is -0.496 e. The molecule has 2 atom stereocenters. The first-order valence-electron chi connectivity index (χ1n) is 10.8. The summed E-state index contributed by atoms with van der Waals surface area (Å²) in [6.07, 6.45) is 10.1. The van der Waals surface area contributed by atoms with E-state index in [1.165, 1.54) is 81.3 Å². The van der Waals surface area contributed by atoms with E-state index in [0.29, 0.717) is 0 Å². The minimum atomic E-state index is 0.772. The number of fused-ring (bicyclic) bond motifs is 1. The average molecular weight is 357 g/mol. The van der Waals surface area contributed by atoms with Crippen molar-refractivity contribution in [1.29, 1.82) is 0 Å². The first-order chi connectivity index (χ1) is 12.7. The highest BCUT2D eigenvalue weighted by Gasteiger charge is 2.42. The first-order valence-corrected chi connectivity index (χ1v) is 10.8. The van der Waals surface area contributed by atoms with Crippen LogP contribution in [0.3, 0.4) is 0 Å². The van der Waals surface area contributed by atoms with Crippen LogP contribution in [-0.4, -0.2) is 48.6 Å². The van der Waals surface area contributed by atoms with Crippen LogP contribution in [0, 0.1) is 19.8 Å². The van der Waals surface area contributed by atoms with Gasteiger partial charge in [0.15, 0.2) is 0 Å². The average Bonchev–Trinajstić information content (AvgIpc) is 3.13. The lowest BCUT2D eigenvalue weighted by molar-refractivity contribution is -0.00390. The molecule has 1 aromatic rings. The molecular formula is C23H36N2O. The van der Waals surface area contributed by atoms with Crippen molar-refractivity contribution in [3.63, 3.8) is 0 Å². The standard InChI is InChI=1S/C23H36N2O/c1-17-15-22(26-3)18(2)14-20(17)16-25-13-12-24-11-7-10-21(24)23(25)19-8-5-4-6-9-19/h14-15,19,21,23H,4-13,16H2,1-3H3/t21-,23-/m0/s1. The summed E-state index contributed by atoms with van der Waals surface area (Å²) < 4.78 is 5.52. The lowest BCUT2D eigenvalue weighted by atomic mass is 9.78. The molecule has 2 saturated heterocycles. The van der Waals surface area contributed by atoms with Gasteiger partial charge in [-0.3, -0.25) is 9.80 Å². The number of nitrogens with zero attached hydrogens (tertiary/aromatic N) is 2. The molecule has 144 valence electrons. The van der Waals surface area contributed by atoms with E-state index >= 15 is 0 Å². The quantitative estimate of drug-likeness (QED) is 0.788. The Labute approximate surface area is 159 Å². The van der Waals surface area contributed by atoms with Crippen molar-refractivity contribution in [3.8, 4) is 5.75 Å². The highest BCUT2D eigenvalue weighted by molar-refractivity contribution is 5.41. The molecule has 3 heteroatoms. The molecule has 3 nitrogen and oxygen atoms in total. The highest BCUT2D eigenvalue weighted by atomic mass is 16.5. The fraction of sp³-hybridized carbons (Fsp3) is 0.739. The zero-order valence-electron chi connectivity index (χ0n) is 17.0. The molecule has 0 radical (unpaired) electrons. The van der Waals surface area contributed by atoms with Crippen molar-refractivity contribution in [2.24, 2.45) is 5.92 Å². The van der Waals surface area contributed by atoms with Gasteiger partial charge in [0.2, 0.25) is 0 Å². The van der Waals surface area contributed by atoms with Crippen molar-refractivity contribution < 1.29 is 4.74 Å². The smallest absolute Gasteiger partial charge is 0.122 e. The molecule has 1 aromatic carbocycles. The Kier molecular flexibility index (Phi) is 5.56. The summed E-state index contributed by atoms with van der Waals surface area (Å²) in [5, 5.41) is 0. The van der Waals surface area contributed by atoms with Crippen molar-refractivity contribution in [2.75, 3.05) is 26.7 Å². The lowest BCUT2D eigenvalue weighted by Crippen LogP contribution is -2.59. The third-order valence-corrected chi connectivity index (χ3v) is 7.26. The predicted octanol–water partition coefficient (Wildman–Crippen LogP) is 4.54. The molecule has 2 heterocycles. The summed E-state index contributed by atoms with van der Waals surface area (Å²) in [7, 11) is 1.78.